The zero-order valence-corrected chi connectivity index (χ0v) is 11.9. The summed E-state index contributed by atoms with van der Waals surface area (Å²) >= 11 is 0. The Hall–Kier alpha value is -2.39. The Kier molecular flexibility index (Phi) is 3.84. The van der Waals surface area contributed by atoms with Crippen molar-refractivity contribution in [3.8, 4) is 5.75 Å². The fraction of sp³-hybridized carbons (Fsp3) is 0.167. The molecule has 106 valence electrons. The molecule has 3 aromatic rings. The largest absolute Gasteiger partial charge is 0.496 e. The minimum absolute atomic E-state index is 0.482. The zero-order valence-electron chi connectivity index (χ0n) is 11.9. The smallest absolute Gasteiger partial charge is 0.122 e. The molecule has 21 heavy (non-hydrogen) atoms. The standard InChI is InChI=1S/C18H17NO2/c1-21-18-9-5-3-7-14(18)12-17(20)16-11-10-13-6-2-4-8-15(13)19-16/h2-11,17,20H,12H2,1H3. The van der Waals surface area contributed by atoms with E-state index in [-0.39, 0.29) is 0 Å². The van der Waals surface area contributed by atoms with Gasteiger partial charge in [0.2, 0.25) is 0 Å². The van der Waals surface area contributed by atoms with Crippen LogP contribution in [0.2, 0.25) is 0 Å². The molecule has 1 unspecified atom stereocenters. The van der Waals surface area contributed by atoms with Gasteiger partial charge in [-0.05, 0) is 23.8 Å². The normalized spacial score (nSPS) is 12.3. The highest BCUT2D eigenvalue weighted by Gasteiger charge is 2.13. The van der Waals surface area contributed by atoms with Gasteiger partial charge in [-0.15, -0.1) is 0 Å². The molecule has 0 radical (unpaired) electrons. The highest BCUT2D eigenvalue weighted by molar-refractivity contribution is 5.78. The lowest BCUT2D eigenvalue weighted by Gasteiger charge is -2.13. The molecule has 1 heterocycles. The van der Waals surface area contributed by atoms with Gasteiger partial charge in [-0.1, -0.05) is 42.5 Å². The van der Waals surface area contributed by atoms with E-state index in [0.29, 0.717) is 12.1 Å². The summed E-state index contributed by atoms with van der Waals surface area (Å²) in [4.78, 5) is 4.54. The maximum atomic E-state index is 10.4. The SMILES string of the molecule is COc1ccccc1CC(O)c1ccc2ccccc2n1. The van der Waals surface area contributed by atoms with Crippen molar-refractivity contribution in [2.75, 3.05) is 7.11 Å². The number of aliphatic hydroxyl groups excluding tert-OH is 1. The molecule has 2 aromatic carbocycles. The van der Waals surface area contributed by atoms with E-state index in [9.17, 15) is 5.11 Å². The van der Waals surface area contributed by atoms with E-state index in [4.69, 9.17) is 4.74 Å². The second kappa shape index (κ2) is 5.94. The Morgan fingerprint density at radius 3 is 2.62 bits per heavy atom. The Bertz CT molecular complexity index is 755. The van der Waals surface area contributed by atoms with Gasteiger partial charge < -0.3 is 9.84 Å². The Morgan fingerprint density at radius 1 is 1.00 bits per heavy atom. The van der Waals surface area contributed by atoms with Crippen molar-refractivity contribution in [3.63, 3.8) is 0 Å². The Labute approximate surface area is 123 Å². The molecule has 0 saturated heterocycles. The van der Waals surface area contributed by atoms with Crippen molar-refractivity contribution < 1.29 is 9.84 Å². The molecule has 0 amide bonds. The van der Waals surface area contributed by atoms with Crippen LogP contribution in [0.5, 0.6) is 5.75 Å². The second-order valence-corrected chi connectivity index (χ2v) is 4.96. The lowest BCUT2D eigenvalue weighted by Crippen LogP contribution is -2.05. The summed E-state index contributed by atoms with van der Waals surface area (Å²) in [7, 11) is 1.64. The van der Waals surface area contributed by atoms with E-state index in [2.05, 4.69) is 4.98 Å². The van der Waals surface area contributed by atoms with E-state index in [0.717, 1.165) is 22.2 Å². The third-order valence-electron chi connectivity index (χ3n) is 3.57. The van der Waals surface area contributed by atoms with Crippen LogP contribution in [0.25, 0.3) is 10.9 Å². The van der Waals surface area contributed by atoms with Crippen LogP contribution in [-0.2, 0) is 6.42 Å². The lowest BCUT2D eigenvalue weighted by molar-refractivity contribution is 0.173. The quantitative estimate of drug-likeness (QED) is 0.794. The van der Waals surface area contributed by atoms with Gasteiger partial charge in [0.1, 0.15) is 11.9 Å². The fourth-order valence-corrected chi connectivity index (χ4v) is 2.45. The average Bonchev–Trinajstić information content (AvgIpc) is 2.55. The number of aromatic nitrogens is 1. The predicted octanol–water partition coefficient (Wildman–Crippen LogP) is 3.52. The van der Waals surface area contributed by atoms with Crippen molar-refractivity contribution in [1.29, 1.82) is 0 Å². The first-order valence-corrected chi connectivity index (χ1v) is 6.93. The van der Waals surface area contributed by atoms with Crippen molar-refractivity contribution in [2.45, 2.75) is 12.5 Å². The second-order valence-electron chi connectivity index (χ2n) is 4.96. The van der Waals surface area contributed by atoms with Crippen molar-refractivity contribution in [2.24, 2.45) is 0 Å². The van der Waals surface area contributed by atoms with Crippen LogP contribution in [0.15, 0.2) is 60.7 Å². The third-order valence-corrected chi connectivity index (χ3v) is 3.57. The van der Waals surface area contributed by atoms with Gasteiger partial charge in [-0.2, -0.15) is 0 Å². The van der Waals surface area contributed by atoms with Crippen molar-refractivity contribution in [1.82, 2.24) is 4.98 Å². The first kappa shape index (κ1) is 13.6. The maximum Gasteiger partial charge on any atom is 0.122 e. The molecular formula is C18H17NO2. The molecular weight excluding hydrogens is 262 g/mol. The molecule has 0 aliphatic heterocycles. The highest BCUT2D eigenvalue weighted by Crippen LogP contribution is 2.25. The van der Waals surface area contributed by atoms with Crippen LogP contribution in [0.1, 0.15) is 17.4 Å². The maximum absolute atomic E-state index is 10.4. The number of aliphatic hydroxyl groups is 1. The van der Waals surface area contributed by atoms with Crippen LogP contribution < -0.4 is 4.74 Å². The van der Waals surface area contributed by atoms with Gasteiger partial charge in [0.05, 0.1) is 18.3 Å². The van der Waals surface area contributed by atoms with Crippen LogP contribution >= 0.6 is 0 Å². The van der Waals surface area contributed by atoms with E-state index >= 15 is 0 Å². The monoisotopic (exact) mass is 279 g/mol. The summed E-state index contributed by atoms with van der Waals surface area (Å²) < 4.78 is 5.32. The molecule has 3 nitrogen and oxygen atoms in total. The molecule has 3 rings (SSSR count). The Morgan fingerprint density at radius 2 is 1.76 bits per heavy atom. The summed E-state index contributed by atoms with van der Waals surface area (Å²) in [6.45, 7) is 0. The minimum Gasteiger partial charge on any atom is -0.496 e. The predicted molar refractivity (Wildman–Crippen MR) is 83.4 cm³/mol. The van der Waals surface area contributed by atoms with E-state index < -0.39 is 6.10 Å². The van der Waals surface area contributed by atoms with Crippen molar-refractivity contribution >= 4 is 10.9 Å². The first-order chi connectivity index (χ1) is 10.3. The average molecular weight is 279 g/mol. The number of pyridine rings is 1. The van der Waals surface area contributed by atoms with Crippen LogP contribution in [0.3, 0.4) is 0 Å². The number of rotatable bonds is 4. The lowest BCUT2D eigenvalue weighted by atomic mass is 10.0. The summed E-state index contributed by atoms with van der Waals surface area (Å²) in [6.07, 6.45) is -0.166. The molecule has 0 bridgehead atoms. The van der Waals surface area contributed by atoms with Gasteiger partial charge in [0, 0.05) is 11.8 Å². The summed E-state index contributed by atoms with van der Waals surface area (Å²) in [5, 5.41) is 11.5. The first-order valence-electron chi connectivity index (χ1n) is 6.93. The summed E-state index contributed by atoms with van der Waals surface area (Å²) in [5.74, 6) is 0.789. The molecule has 0 saturated carbocycles. The zero-order chi connectivity index (χ0) is 14.7. The van der Waals surface area contributed by atoms with Crippen LogP contribution in [-0.4, -0.2) is 17.2 Å². The van der Waals surface area contributed by atoms with Gasteiger partial charge in [0.15, 0.2) is 0 Å². The molecule has 1 N–H and O–H groups in total. The molecule has 0 fully saturated rings. The summed E-state index contributed by atoms with van der Waals surface area (Å²) in [5.41, 5.74) is 2.55. The summed E-state index contributed by atoms with van der Waals surface area (Å²) in [6, 6.07) is 19.5. The van der Waals surface area contributed by atoms with Crippen molar-refractivity contribution in [3.05, 3.63) is 71.9 Å². The number of fused-ring (bicyclic) bond motifs is 1. The number of nitrogens with zero attached hydrogens (tertiary/aromatic N) is 1. The highest BCUT2D eigenvalue weighted by atomic mass is 16.5. The van der Waals surface area contributed by atoms with Crippen LogP contribution in [0, 0.1) is 0 Å². The topological polar surface area (TPSA) is 42.4 Å². The molecule has 1 aromatic heterocycles. The fourth-order valence-electron chi connectivity index (χ4n) is 2.45. The van der Waals surface area contributed by atoms with Gasteiger partial charge in [-0.25, -0.2) is 0 Å². The minimum atomic E-state index is -0.647. The molecule has 0 aliphatic rings. The third kappa shape index (κ3) is 2.88. The van der Waals surface area contributed by atoms with Gasteiger partial charge in [-0.3, -0.25) is 4.98 Å². The number of para-hydroxylation sites is 2. The van der Waals surface area contributed by atoms with Gasteiger partial charge >= 0.3 is 0 Å². The number of ether oxygens (including phenoxy) is 1. The Balaban J connectivity index is 1.88. The molecule has 0 aliphatic carbocycles. The van der Waals surface area contributed by atoms with E-state index in [1.807, 2.05) is 60.7 Å². The van der Waals surface area contributed by atoms with E-state index in [1.165, 1.54) is 0 Å². The van der Waals surface area contributed by atoms with E-state index in [1.54, 1.807) is 7.11 Å². The number of hydrogen-bond donors (Lipinski definition) is 1. The van der Waals surface area contributed by atoms with Gasteiger partial charge in [0.25, 0.3) is 0 Å². The molecule has 0 spiro atoms. The molecule has 1 atom stereocenters. The molecule has 3 heteroatoms. The number of hydrogen-bond acceptors (Lipinski definition) is 3. The number of benzene rings is 2. The number of methoxy groups -OCH3 is 1. The van der Waals surface area contributed by atoms with Crippen LogP contribution in [0.4, 0.5) is 0 Å².